The van der Waals surface area contributed by atoms with E-state index in [0.717, 1.165) is 75.1 Å². The predicted octanol–water partition coefficient (Wildman–Crippen LogP) is 5.78. The fourth-order valence-electron chi connectivity index (χ4n) is 5.20. The Morgan fingerprint density at radius 3 is 2.39 bits per heavy atom. The Morgan fingerprint density at radius 1 is 1.03 bits per heavy atom. The fraction of sp³-hybridized carbons (Fsp3) is 0.345. The van der Waals surface area contributed by atoms with Gasteiger partial charge >= 0.3 is 0 Å². The molecule has 1 saturated heterocycles. The van der Waals surface area contributed by atoms with Crippen molar-refractivity contribution in [2.45, 2.75) is 44.2 Å². The Morgan fingerprint density at radius 2 is 1.76 bits per heavy atom. The third kappa shape index (κ3) is 5.78. The smallest absolute Gasteiger partial charge is 0.258 e. The highest BCUT2D eigenvalue weighted by Gasteiger charge is 2.41. The SMILES string of the molecule is O=C(Nc1ccc(C2(NC(=O)C3CCN(Cc4ccccn4)CC3)CCC2)cc1)c1cc(F)c(Br)cc1F. The summed E-state index contributed by atoms with van der Waals surface area (Å²) in [6.07, 6.45) is 6.16. The van der Waals surface area contributed by atoms with E-state index in [9.17, 15) is 18.4 Å². The number of carbonyl (C=O) groups is 2. The van der Waals surface area contributed by atoms with Crippen LogP contribution in [0.15, 0.2) is 65.3 Å². The number of halogens is 3. The Balaban J connectivity index is 1.18. The molecule has 2 N–H and O–H groups in total. The van der Waals surface area contributed by atoms with Gasteiger partial charge in [0, 0.05) is 24.3 Å². The van der Waals surface area contributed by atoms with Crippen LogP contribution in [-0.4, -0.2) is 34.8 Å². The summed E-state index contributed by atoms with van der Waals surface area (Å²) in [5.41, 5.74) is 1.69. The van der Waals surface area contributed by atoms with E-state index in [0.29, 0.717) is 5.69 Å². The molecule has 2 aliphatic rings. The lowest BCUT2D eigenvalue weighted by atomic mass is 9.71. The standard InChI is InChI=1S/C29H29BrF2N4O2/c30-24-17-25(31)23(16-26(24)32)28(38)34-21-7-5-20(6-8-21)29(11-3-12-29)35-27(37)19-9-14-36(15-10-19)18-22-4-1-2-13-33-22/h1-2,4-8,13,16-17,19H,3,9-12,14-15,18H2,(H,34,38)(H,35,37). The number of carbonyl (C=O) groups excluding carboxylic acids is 2. The number of rotatable bonds is 7. The number of piperidine rings is 1. The van der Waals surface area contributed by atoms with Gasteiger partial charge in [-0.1, -0.05) is 18.2 Å². The molecule has 2 amide bonds. The van der Waals surface area contributed by atoms with Crippen molar-refractivity contribution in [3.05, 3.63) is 93.7 Å². The van der Waals surface area contributed by atoms with Crippen LogP contribution < -0.4 is 10.6 Å². The van der Waals surface area contributed by atoms with E-state index in [1.807, 2.05) is 30.3 Å². The number of hydrogen-bond donors (Lipinski definition) is 2. The Hall–Kier alpha value is -3.17. The molecule has 1 aromatic heterocycles. The average molecular weight is 583 g/mol. The van der Waals surface area contributed by atoms with Crippen LogP contribution in [0.2, 0.25) is 0 Å². The molecule has 1 aliphatic heterocycles. The molecule has 5 rings (SSSR count). The van der Waals surface area contributed by atoms with Gasteiger partial charge in [-0.3, -0.25) is 19.5 Å². The zero-order valence-electron chi connectivity index (χ0n) is 20.9. The summed E-state index contributed by atoms with van der Waals surface area (Å²) in [6, 6.07) is 14.9. The van der Waals surface area contributed by atoms with Crippen LogP contribution in [0.5, 0.6) is 0 Å². The highest BCUT2D eigenvalue weighted by Crippen LogP contribution is 2.42. The van der Waals surface area contributed by atoms with Gasteiger partial charge in [0.1, 0.15) is 11.6 Å². The number of nitrogens with one attached hydrogen (secondary N) is 2. The molecule has 0 atom stereocenters. The van der Waals surface area contributed by atoms with Crippen molar-refractivity contribution in [2.75, 3.05) is 18.4 Å². The molecule has 1 saturated carbocycles. The molecule has 6 nitrogen and oxygen atoms in total. The van der Waals surface area contributed by atoms with Crippen LogP contribution in [0.1, 0.15) is 53.7 Å². The monoisotopic (exact) mass is 582 g/mol. The molecule has 2 aromatic carbocycles. The van der Waals surface area contributed by atoms with Gasteiger partial charge in [-0.2, -0.15) is 0 Å². The molecular formula is C29H29BrF2N4O2. The molecule has 9 heteroatoms. The minimum Gasteiger partial charge on any atom is -0.346 e. The minimum atomic E-state index is -0.814. The number of amides is 2. The van der Waals surface area contributed by atoms with E-state index < -0.39 is 23.1 Å². The quantitative estimate of drug-likeness (QED) is 0.346. The highest BCUT2D eigenvalue weighted by atomic mass is 79.9. The van der Waals surface area contributed by atoms with Crippen molar-refractivity contribution in [2.24, 2.45) is 5.92 Å². The molecular weight excluding hydrogens is 554 g/mol. The van der Waals surface area contributed by atoms with E-state index in [2.05, 4.69) is 36.4 Å². The molecule has 2 fully saturated rings. The van der Waals surface area contributed by atoms with Gasteiger partial charge in [-0.05, 0) is 103 Å². The number of nitrogens with zero attached hydrogens (tertiary/aromatic N) is 2. The molecule has 0 spiro atoms. The average Bonchev–Trinajstić information content (AvgIpc) is 2.90. The van der Waals surface area contributed by atoms with Gasteiger partial charge in [0.15, 0.2) is 0 Å². The van der Waals surface area contributed by atoms with E-state index in [1.54, 1.807) is 18.3 Å². The molecule has 1 aliphatic carbocycles. The van der Waals surface area contributed by atoms with Crippen LogP contribution in [0.25, 0.3) is 0 Å². The van der Waals surface area contributed by atoms with Crippen molar-refractivity contribution >= 4 is 33.4 Å². The first kappa shape index (κ1) is 26.4. The Labute approximate surface area is 229 Å². The Bertz CT molecular complexity index is 1310. The summed E-state index contributed by atoms with van der Waals surface area (Å²) in [6.45, 7) is 2.52. The first-order valence-electron chi connectivity index (χ1n) is 12.8. The number of hydrogen-bond acceptors (Lipinski definition) is 4. The van der Waals surface area contributed by atoms with E-state index in [1.165, 1.54) is 0 Å². The Kier molecular flexibility index (Phi) is 7.85. The maximum absolute atomic E-state index is 14.1. The highest BCUT2D eigenvalue weighted by molar-refractivity contribution is 9.10. The summed E-state index contributed by atoms with van der Waals surface area (Å²) in [7, 11) is 0. The second kappa shape index (κ2) is 11.3. The number of likely N-dealkylation sites (tertiary alicyclic amines) is 1. The van der Waals surface area contributed by atoms with Crippen LogP contribution in [-0.2, 0) is 16.9 Å². The maximum Gasteiger partial charge on any atom is 0.258 e. The van der Waals surface area contributed by atoms with Gasteiger partial charge in [0.2, 0.25) is 5.91 Å². The fourth-order valence-corrected chi connectivity index (χ4v) is 5.51. The van der Waals surface area contributed by atoms with Crippen molar-refractivity contribution in [1.82, 2.24) is 15.2 Å². The second-order valence-corrected chi connectivity index (χ2v) is 10.9. The van der Waals surface area contributed by atoms with Crippen molar-refractivity contribution < 1.29 is 18.4 Å². The van der Waals surface area contributed by atoms with Gasteiger partial charge in [-0.25, -0.2) is 8.78 Å². The third-order valence-electron chi connectivity index (χ3n) is 7.59. The number of aromatic nitrogens is 1. The van der Waals surface area contributed by atoms with E-state index in [4.69, 9.17) is 0 Å². The number of anilines is 1. The van der Waals surface area contributed by atoms with Crippen LogP contribution in [0.3, 0.4) is 0 Å². The summed E-state index contributed by atoms with van der Waals surface area (Å²) < 4.78 is 27.9. The summed E-state index contributed by atoms with van der Waals surface area (Å²) in [5, 5.41) is 5.95. The summed E-state index contributed by atoms with van der Waals surface area (Å²) in [5.74, 6) is -2.19. The molecule has 3 aromatic rings. The molecule has 2 heterocycles. The minimum absolute atomic E-state index is 0.0211. The van der Waals surface area contributed by atoms with Gasteiger partial charge < -0.3 is 10.6 Å². The van der Waals surface area contributed by atoms with Gasteiger partial charge in [0.05, 0.1) is 21.3 Å². The lowest BCUT2D eigenvalue weighted by molar-refractivity contribution is -0.129. The lowest BCUT2D eigenvalue weighted by Crippen LogP contribution is -2.53. The zero-order chi connectivity index (χ0) is 26.7. The molecule has 0 unspecified atom stereocenters. The van der Waals surface area contributed by atoms with Crippen LogP contribution in [0.4, 0.5) is 14.5 Å². The molecule has 38 heavy (non-hydrogen) atoms. The van der Waals surface area contributed by atoms with Crippen molar-refractivity contribution in [3.8, 4) is 0 Å². The largest absolute Gasteiger partial charge is 0.346 e. The van der Waals surface area contributed by atoms with Crippen LogP contribution in [0, 0.1) is 17.6 Å². The molecule has 198 valence electrons. The van der Waals surface area contributed by atoms with Crippen molar-refractivity contribution in [1.29, 1.82) is 0 Å². The third-order valence-corrected chi connectivity index (χ3v) is 8.20. The molecule has 0 radical (unpaired) electrons. The van der Waals surface area contributed by atoms with E-state index >= 15 is 0 Å². The first-order valence-corrected chi connectivity index (χ1v) is 13.6. The first-order chi connectivity index (χ1) is 18.3. The maximum atomic E-state index is 14.1. The molecule has 0 bridgehead atoms. The summed E-state index contributed by atoms with van der Waals surface area (Å²) in [4.78, 5) is 32.5. The predicted molar refractivity (Wildman–Crippen MR) is 144 cm³/mol. The normalized spacial score (nSPS) is 17.4. The second-order valence-electron chi connectivity index (χ2n) is 10.1. The number of benzene rings is 2. The lowest BCUT2D eigenvalue weighted by Gasteiger charge is -2.44. The van der Waals surface area contributed by atoms with Gasteiger partial charge in [0.25, 0.3) is 5.91 Å². The topological polar surface area (TPSA) is 74.3 Å². The zero-order valence-corrected chi connectivity index (χ0v) is 22.4. The van der Waals surface area contributed by atoms with Crippen LogP contribution >= 0.6 is 15.9 Å². The van der Waals surface area contributed by atoms with Gasteiger partial charge in [-0.15, -0.1) is 0 Å². The van der Waals surface area contributed by atoms with E-state index in [-0.39, 0.29) is 21.9 Å². The van der Waals surface area contributed by atoms with Crippen molar-refractivity contribution in [3.63, 3.8) is 0 Å². The number of pyridine rings is 1. The summed E-state index contributed by atoms with van der Waals surface area (Å²) >= 11 is 2.91.